The summed E-state index contributed by atoms with van der Waals surface area (Å²) in [5.74, 6) is -0.722. The third-order valence-electron chi connectivity index (χ3n) is 4.51. The number of nitrogens with one attached hydrogen (secondary N) is 1. The van der Waals surface area contributed by atoms with E-state index in [4.69, 9.17) is 9.73 Å². The van der Waals surface area contributed by atoms with E-state index < -0.39 is 11.6 Å². The van der Waals surface area contributed by atoms with E-state index in [0.29, 0.717) is 12.6 Å². The number of likely N-dealkylation sites (tertiary alicyclic amines) is 1. The van der Waals surface area contributed by atoms with E-state index in [-0.39, 0.29) is 5.92 Å². The average Bonchev–Trinajstić information content (AvgIpc) is 2.61. The summed E-state index contributed by atoms with van der Waals surface area (Å²) in [5, 5.41) is 3.33. The standard InChI is InChI=1S/C19H29F2N3O/c1-4-22-19(24-10-8-16(9-11-24)25-5-2)23-13-14(3)15-6-7-17(20)18(21)12-15/h6-7,12,14,16H,4-5,8-11,13H2,1-3H3,(H,22,23). The molecule has 1 aliphatic heterocycles. The fourth-order valence-electron chi connectivity index (χ4n) is 3.04. The third kappa shape index (κ3) is 5.66. The van der Waals surface area contributed by atoms with Gasteiger partial charge >= 0.3 is 0 Å². The van der Waals surface area contributed by atoms with Crippen molar-refractivity contribution in [3.05, 3.63) is 35.4 Å². The van der Waals surface area contributed by atoms with Crippen LogP contribution in [-0.2, 0) is 4.74 Å². The van der Waals surface area contributed by atoms with Crippen molar-refractivity contribution in [2.75, 3.05) is 32.8 Å². The van der Waals surface area contributed by atoms with Gasteiger partial charge in [0.15, 0.2) is 17.6 Å². The third-order valence-corrected chi connectivity index (χ3v) is 4.51. The van der Waals surface area contributed by atoms with Crippen molar-refractivity contribution in [1.82, 2.24) is 10.2 Å². The number of piperidine rings is 1. The predicted molar refractivity (Wildman–Crippen MR) is 97.0 cm³/mol. The topological polar surface area (TPSA) is 36.9 Å². The van der Waals surface area contributed by atoms with Gasteiger partial charge in [0, 0.05) is 38.7 Å². The first kappa shape index (κ1) is 19.6. The lowest BCUT2D eigenvalue weighted by Crippen LogP contribution is -2.47. The summed E-state index contributed by atoms with van der Waals surface area (Å²) in [6.07, 6.45) is 2.33. The molecule has 0 saturated carbocycles. The van der Waals surface area contributed by atoms with Crippen LogP contribution in [0.4, 0.5) is 8.78 Å². The predicted octanol–water partition coefficient (Wildman–Crippen LogP) is 3.53. The van der Waals surface area contributed by atoms with Crippen molar-refractivity contribution < 1.29 is 13.5 Å². The summed E-state index contributed by atoms with van der Waals surface area (Å²) < 4.78 is 32.2. The van der Waals surface area contributed by atoms with Crippen molar-refractivity contribution in [3.63, 3.8) is 0 Å². The number of halogens is 2. The lowest BCUT2D eigenvalue weighted by Gasteiger charge is -2.34. The Bertz CT molecular complexity index is 572. The van der Waals surface area contributed by atoms with Gasteiger partial charge in [-0.05, 0) is 44.4 Å². The summed E-state index contributed by atoms with van der Waals surface area (Å²) in [4.78, 5) is 6.96. The lowest BCUT2D eigenvalue weighted by atomic mass is 10.0. The molecule has 2 rings (SSSR count). The zero-order valence-corrected chi connectivity index (χ0v) is 15.4. The molecule has 1 N–H and O–H groups in total. The molecule has 1 fully saturated rings. The molecule has 4 nitrogen and oxygen atoms in total. The van der Waals surface area contributed by atoms with Crippen LogP contribution >= 0.6 is 0 Å². The smallest absolute Gasteiger partial charge is 0.193 e. The van der Waals surface area contributed by atoms with Gasteiger partial charge in [-0.2, -0.15) is 0 Å². The van der Waals surface area contributed by atoms with Gasteiger partial charge in [-0.1, -0.05) is 13.0 Å². The fraction of sp³-hybridized carbons (Fsp3) is 0.632. The highest BCUT2D eigenvalue weighted by Crippen LogP contribution is 2.19. The van der Waals surface area contributed by atoms with E-state index >= 15 is 0 Å². The largest absolute Gasteiger partial charge is 0.378 e. The SMILES string of the molecule is CCNC(=NCC(C)c1ccc(F)c(F)c1)N1CCC(OCC)CC1. The Morgan fingerprint density at radius 2 is 2.00 bits per heavy atom. The van der Waals surface area contributed by atoms with E-state index in [9.17, 15) is 8.78 Å². The molecule has 1 aromatic carbocycles. The van der Waals surface area contributed by atoms with Crippen LogP contribution < -0.4 is 5.32 Å². The number of hydrogen-bond donors (Lipinski definition) is 1. The van der Waals surface area contributed by atoms with Crippen LogP contribution in [0.3, 0.4) is 0 Å². The molecule has 1 atom stereocenters. The van der Waals surface area contributed by atoms with E-state index in [1.165, 1.54) is 12.1 Å². The minimum absolute atomic E-state index is 0.0183. The molecule has 140 valence electrons. The second kappa shape index (κ2) is 9.70. The van der Waals surface area contributed by atoms with Crippen molar-refractivity contribution in [2.45, 2.75) is 45.6 Å². The van der Waals surface area contributed by atoms with Gasteiger partial charge < -0.3 is 15.0 Å². The molecule has 0 spiro atoms. The number of benzene rings is 1. The maximum atomic E-state index is 13.4. The van der Waals surface area contributed by atoms with Crippen LogP contribution in [0.1, 0.15) is 45.1 Å². The van der Waals surface area contributed by atoms with E-state index in [2.05, 4.69) is 10.2 Å². The molecule has 6 heteroatoms. The molecule has 1 saturated heterocycles. The summed E-state index contributed by atoms with van der Waals surface area (Å²) in [5.41, 5.74) is 0.758. The Morgan fingerprint density at radius 1 is 1.28 bits per heavy atom. The molecule has 1 heterocycles. The van der Waals surface area contributed by atoms with Gasteiger partial charge in [0.25, 0.3) is 0 Å². The Labute approximate surface area is 149 Å². The highest BCUT2D eigenvalue weighted by atomic mass is 19.2. The van der Waals surface area contributed by atoms with E-state index in [1.807, 2.05) is 20.8 Å². The Hall–Kier alpha value is -1.69. The summed E-state index contributed by atoms with van der Waals surface area (Å²) >= 11 is 0. The quantitative estimate of drug-likeness (QED) is 0.628. The number of aliphatic imine (C=N–C) groups is 1. The molecule has 1 aromatic rings. The molecule has 25 heavy (non-hydrogen) atoms. The van der Waals surface area contributed by atoms with Gasteiger partial charge in [0.05, 0.1) is 6.10 Å². The number of rotatable bonds is 6. The molecule has 1 aliphatic rings. The molecule has 0 aromatic heterocycles. The summed E-state index contributed by atoms with van der Waals surface area (Å²) in [7, 11) is 0. The number of nitrogens with zero attached hydrogens (tertiary/aromatic N) is 2. The van der Waals surface area contributed by atoms with Gasteiger partial charge in [0.2, 0.25) is 0 Å². The van der Waals surface area contributed by atoms with Crippen molar-refractivity contribution in [3.8, 4) is 0 Å². The van der Waals surface area contributed by atoms with Crippen molar-refractivity contribution >= 4 is 5.96 Å². The van der Waals surface area contributed by atoms with Crippen LogP contribution in [0, 0.1) is 11.6 Å². The zero-order valence-electron chi connectivity index (χ0n) is 15.4. The minimum atomic E-state index is -0.815. The lowest BCUT2D eigenvalue weighted by molar-refractivity contribution is 0.0263. The van der Waals surface area contributed by atoms with Crippen LogP contribution in [0.5, 0.6) is 0 Å². The van der Waals surface area contributed by atoms with Gasteiger partial charge in [-0.25, -0.2) is 8.78 Å². The second-order valence-electron chi connectivity index (χ2n) is 6.41. The normalized spacial score (nSPS) is 17.6. The highest BCUT2D eigenvalue weighted by molar-refractivity contribution is 5.80. The first-order valence-electron chi connectivity index (χ1n) is 9.14. The molecule has 1 unspecified atom stereocenters. The molecular formula is C19H29F2N3O. The molecule has 0 bridgehead atoms. The molecular weight excluding hydrogens is 324 g/mol. The van der Waals surface area contributed by atoms with Gasteiger partial charge in [-0.3, -0.25) is 4.99 Å². The van der Waals surface area contributed by atoms with E-state index in [1.54, 1.807) is 6.07 Å². The van der Waals surface area contributed by atoms with Crippen LogP contribution in [0.15, 0.2) is 23.2 Å². The zero-order chi connectivity index (χ0) is 18.2. The van der Waals surface area contributed by atoms with Crippen LogP contribution in [-0.4, -0.2) is 49.7 Å². The van der Waals surface area contributed by atoms with Gasteiger partial charge in [0.1, 0.15) is 0 Å². The first-order chi connectivity index (χ1) is 12.0. The minimum Gasteiger partial charge on any atom is -0.378 e. The number of ether oxygens (including phenoxy) is 1. The van der Waals surface area contributed by atoms with Gasteiger partial charge in [-0.15, -0.1) is 0 Å². The number of hydrogen-bond acceptors (Lipinski definition) is 2. The monoisotopic (exact) mass is 353 g/mol. The number of guanidine groups is 1. The van der Waals surface area contributed by atoms with Crippen LogP contribution in [0.2, 0.25) is 0 Å². The fourth-order valence-corrected chi connectivity index (χ4v) is 3.04. The maximum absolute atomic E-state index is 13.4. The van der Waals surface area contributed by atoms with Crippen molar-refractivity contribution in [1.29, 1.82) is 0 Å². The molecule has 0 aliphatic carbocycles. The summed E-state index contributed by atoms with van der Waals surface area (Å²) in [6.45, 7) is 9.94. The summed E-state index contributed by atoms with van der Waals surface area (Å²) in [6, 6.07) is 4.06. The maximum Gasteiger partial charge on any atom is 0.193 e. The van der Waals surface area contributed by atoms with E-state index in [0.717, 1.165) is 50.6 Å². The Kier molecular flexibility index (Phi) is 7.62. The molecule has 0 amide bonds. The van der Waals surface area contributed by atoms with Crippen molar-refractivity contribution in [2.24, 2.45) is 4.99 Å². The Morgan fingerprint density at radius 3 is 2.60 bits per heavy atom. The average molecular weight is 353 g/mol. The second-order valence-corrected chi connectivity index (χ2v) is 6.41. The highest BCUT2D eigenvalue weighted by Gasteiger charge is 2.21. The van der Waals surface area contributed by atoms with Crippen LogP contribution in [0.25, 0.3) is 0 Å². The first-order valence-corrected chi connectivity index (χ1v) is 9.14. The molecule has 0 radical (unpaired) electrons. The Balaban J connectivity index is 1.98.